The van der Waals surface area contributed by atoms with Gasteiger partial charge in [-0.1, -0.05) is 24.3 Å². The van der Waals surface area contributed by atoms with Crippen LogP contribution in [0.4, 0.5) is 0 Å². The van der Waals surface area contributed by atoms with E-state index in [-0.39, 0.29) is 32.1 Å². The van der Waals surface area contributed by atoms with E-state index >= 15 is 0 Å². The summed E-state index contributed by atoms with van der Waals surface area (Å²) in [6.07, 6.45) is 4.25. The second-order valence-corrected chi connectivity index (χ2v) is 9.38. The smallest absolute Gasteiger partial charge is 0.243 e. The molecule has 0 unspecified atom stereocenters. The van der Waals surface area contributed by atoms with Gasteiger partial charge in [0.1, 0.15) is 0 Å². The third-order valence-electron chi connectivity index (χ3n) is 5.56. The molecule has 0 aromatic heterocycles. The summed E-state index contributed by atoms with van der Waals surface area (Å²) in [4.78, 5) is 26.0. The van der Waals surface area contributed by atoms with E-state index in [0.717, 1.165) is 5.56 Å². The summed E-state index contributed by atoms with van der Waals surface area (Å²) < 4.78 is 27.4. The Bertz CT molecular complexity index is 901. The Morgan fingerprint density at radius 3 is 2.21 bits per heavy atom. The van der Waals surface area contributed by atoms with Gasteiger partial charge in [-0.05, 0) is 43.9 Å². The van der Waals surface area contributed by atoms with Gasteiger partial charge >= 0.3 is 0 Å². The van der Waals surface area contributed by atoms with Crippen LogP contribution in [-0.2, 0) is 19.6 Å². The highest BCUT2D eigenvalue weighted by Gasteiger charge is 2.36. The molecule has 0 spiro atoms. The van der Waals surface area contributed by atoms with Crippen LogP contribution in [0.2, 0.25) is 0 Å². The Hall–Kier alpha value is -2.19. The first-order valence-corrected chi connectivity index (χ1v) is 10.9. The fourth-order valence-corrected chi connectivity index (χ4v) is 5.59. The molecular weight excluding hydrogens is 380 g/mol. The van der Waals surface area contributed by atoms with Crippen LogP contribution in [0.1, 0.15) is 24.0 Å². The van der Waals surface area contributed by atoms with Gasteiger partial charge in [0, 0.05) is 44.0 Å². The first-order chi connectivity index (χ1) is 13.2. The number of carbonyl (C=O) groups is 2. The number of nitrogens with zero attached hydrogens (tertiary/aromatic N) is 2. The molecule has 152 valence electrons. The van der Waals surface area contributed by atoms with E-state index in [2.05, 4.69) is 0 Å². The molecule has 8 heteroatoms. The molecule has 28 heavy (non-hydrogen) atoms. The normalized spacial score (nSPS) is 23.6. The first kappa shape index (κ1) is 20.5. The number of carboxylic acids is 1. The van der Waals surface area contributed by atoms with Crippen LogP contribution in [-0.4, -0.2) is 55.7 Å². The summed E-state index contributed by atoms with van der Waals surface area (Å²) >= 11 is 0. The van der Waals surface area contributed by atoms with Crippen molar-refractivity contribution in [3.05, 3.63) is 41.5 Å². The molecule has 1 fully saturated rings. The zero-order chi connectivity index (χ0) is 20.5. The van der Waals surface area contributed by atoms with Crippen molar-refractivity contribution in [2.24, 2.45) is 11.8 Å². The fourth-order valence-electron chi connectivity index (χ4n) is 3.86. The maximum absolute atomic E-state index is 13.0. The minimum Gasteiger partial charge on any atom is -0.550 e. The van der Waals surface area contributed by atoms with Crippen molar-refractivity contribution in [2.45, 2.75) is 31.6 Å². The molecule has 0 radical (unpaired) electrons. The number of hydrogen-bond donors (Lipinski definition) is 0. The van der Waals surface area contributed by atoms with Gasteiger partial charge in [0.25, 0.3) is 0 Å². The third kappa shape index (κ3) is 3.98. The Morgan fingerprint density at radius 1 is 1.00 bits per heavy atom. The largest absolute Gasteiger partial charge is 0.550 e. The average Bonchev–Trinajstić information content (AvgIpc) is 2.69. The molecule has 2 aliphatic rings. The van der Waals surface area contributed by atoms with Gasteiger partial charge in [0.05, 0.1) is 4.90 Å². The molecule has 1 amide bonds. The number of aryl methyl sites for hydroxylation is 2. The van der Waals surface area contributed by atoms with Crippen molar-refractivity contribution in [1.82, 2.24) is 9.21 Å². The topological polar surface area (TPSA) is 97.8 Å². The average molecular weight is 405 g/mol. The lowest BCUT2D eigenvalue weighted by Gasteiger charge is -2.38. The van der Waals surface area contributed by atoms with Crippen LogP contribution in [0.5, 0.6) is 0 Å². The zero-order valence-corrected chi connectivity index (χ0v) is 16.9. The van der Waals surface area contributed by atoms with Crippen molar-refractivity contribution in [3.8, 4) is 0 Å². The van der Waals surface area contributed by atoms with Crippen LogP contribution in [0.25, 0.3) is 0 Å². The quantitative estimate of drug-likeness (QED) is 0.678. The lowest BCUT2D eigenvalue weighted by molar-refractivity contribution is -0.313. The van der Waals surface area contributed by atoms with Crippen LogP contribution < -0.4 is 5.11 Å². The zero-order valence-electron chi connectivity index (χ0n) is 16.1. The summed E-state index contributed by atoms with van der Waals surface area (Å²) in [5.41, 5.74) is 1.56. The van der Waals surface area contributed by atoms with Crippen LogP contribution in [0.15, 0.2) is 35.2 Å². The van der Waals surface area contributed by atoms with E-state index in [1.165, 1.54) is 4.31 Å². The lowest BCUT2D eigenvalue weighted by atomic mass is 9.82. The molecule has 0 saturated carbocycles. The predicted octanol–water partition coefficient (Wildman–Crippen LogP) is 0.469. The first-order valence-electron chi connectivity index (χ1n) is 9.44. The highest BCUT2D eigenvalue weighted by Crippen LogP contribution is 2.28. The van der Waals surface area contributed by atoms with Gasteiger partial charge in [-0.2, -0.15) is 4.31 Å². The molecule has 1 saturated heterocycles. The Balaban J connectivity index is 1.70. The summed E-state index contributed by atoms with van der Waals surface area (Å²) in [6, 6.07) is 5.33. The third-order valence-corrected chi connectivity index (χ3v) is 7.60. The molecule has 0 N–H and O–H groups in total. The number of allylic oxidation sites excluding steroid dienone is 2. The van der Waals surface area contributed by atoms with Crippen molar-refractivity contribution < 1.29 is 23.1 Å². The van der Waals surface area contributed by atoms with E-state index in [0.29, 0.717) is 23.3 Å². The van der Waals surface area contributed by atoms with E-state index < -0.39 is 27.8 Å². The molecule has 0 bridgehead atoms. The predicted molar refractivity (Wildman–Crippen MR) is 102 cm³/mol. The number of amides is 1. The SMILES string of the molecule is Cc1ccc(C)c(S(=O)(=O)N2CCN(C(=O)[C@@H]3CC=CC[C@H]3C(=O)[O-])CC2)c1. The molecule has 1 aromatic carbocycles. The Kier molecular flexibility index (Phi) is 5.90. The number of benzene rings is 1. The van der Waals surface area contributed by atoms with E-state index in [1.54, 1.807) is 30.0 Å². The molecule has 2 atom stereocenters. The molecule has 1 aliphatic heterocycles. The maximum atomic E-state index is 13.0. The molecule has 1 aromatic rings. The molecular formula is C20H25N2O5S-. The molecule has 1 aliphatic carbocycles. The fraction of sp³-hybridized carbons (Fsp3) is 0.500. The van der Waals surface area contributed by atoms with E-state index in [1.807, 2.05) is 19.1 Å². The number of carboxylic acid groups (broad SMARTS) is 1. The van der Waals surface area contributed by atoms with Crippen molar-refractivity contribution in [1.29, 1.82) is 0 Å². The Morgan fingerprint density at radius 2 is 1.61 bits per heavy atom. The number of carbonyl (C=O) groups excluding carboxylic acids is 2. The number of hydrogen-bond acceptors (Lipinski definition) is 5. The number of piperazine rings is 1. The van der Waals surface area contributed by atoms with Gasteiger partial charge in [0.15, 0.2) is 0 Å². The summed E-state index contributed by atoms with van der Waals surface area (Å²) in [6.45, 7) is 4.51. The van der Waals surface area contributed by atoms with Crippen molar-refractivity contribution >= 4 is 21.9 Å². The van der Waals surface area contributed by atoms with Gasteiger partial charge in [0.2, 0.25) is 15.9 Å². The van der Waals surface area contributed by atoms with E-state index in [4.69, 9.17) is 0 Å². The molecule has 3 rings (SSSR count). The van der Waals surface area contributed by atoms with E-state index in [9.17, 15) is 23.1 Å². The van der Waals surface area contributed by atoms with Gasteiger partial charge in [-0.3, -0.25) is 4.79 Å². The van der Waals surface area contributed by atoms with Gasteiger partial charge in [-0.25, -0.2) is 8.42 Å². The van der Waals surface area contributed by atoms with Crippen LogP contribution in [0.3, 0.4) is 0 Å². The monoisotopic (exact) mass is 405 g/mol. The highest BCUT2D eigenvalue weighted by molar-refractivity contribution is 7.89. The summed E-state index contributed by atoms with van der Waals surface area (Å²) in [5.74, 6) is -2.91. The Labute approximate surface area is 165 Å². The van der Waals surface area contributed by atoms with Crippen molar-refractivity contribution in [2.75, 3.05) is 26.2 Å². The molecule has 7 nitrogen and oxygen atoms in total. The standard InChI is InChI=1S/C20H26N2O5S/c1-14-7-8-15(2)18(13-14)28(26,27)22-11-9-21(10-12-22)19(23)16-5-3-4-6-17(16)20(24)25/h3-4,7-8,13,16-17H,5-6,9-12H2,1-2H3,(H,24,25)/p-1/t16-,17-/m1/s1. The maximum Gasteiger partial charge on any atom is 0.243 e. The minimum absolute atomic E-state index is 0.194. The number of rotatable bonds is 4. The summed E-state index contributed by atoms with van der Waals surface area (Å²) in [7, 11) is -3.63. The second-order valence-electron chi connectivity index (χ2n) is 7.47. The highest BCUT2D eigenvalue weighted by atomic mass is 32.2. The number of aliphatic carboxylic acids is 1. The van der Waals surface area contributed by atoms with Gasteiger partial charge < -0.3 is 14.8 Å². The summed E-state index contributed by atoms with van der Waals surface area (Å²) in [5, 5.41) is 11.3. The van der Waals surface area contributed by atoms with Gasteiger partial charge in [-0.15, -0.1) is 0 Å². The van der Waals surface area contributed by atoms with Crippen LogP contribution in [0, 0.1) is 25.7 Å². The van der Waals surface area contributed by atoms with Crippen LogP contribution >= 0.6 is 0 Å². The number of sulfonamides is 1. The van der Waals surface area contributed by atoms with Crippen molar-refractivity contribution in [3.63, 3.8) is 0 Å². The molecule has 1 heterocycles. The minimum atomic E-state index is -3.63. The lowest BCUT2D eigenvalue weighted by Crippen LogP contribution is -2.53. The second kappa shape index (κ2) is 8.05.